The number of sulfonamides is 1. The average molecular weight is 419 g/mol. The van der Waals surface area contributed by atoms with Gasteiger partial charge in [0.05, 0.1) is 30.4 Å². The van der Waals surface area contributed by atoms with E-state index in [1.165, 1.54) is 18.2 Å². The van der Waals surface area contributed by atoms with Gasteiger partial charge in [-0.25, -0.2) is 8.42 Å². The van der Waals surface area contributed by atoms with E-state index in [2.05, 4.69) is 6.58 Å². The lowest BCUT2D eigenvalue weighted by Crippen LogP contribution is -2.45. The Balaban J connectivity index is 1.78. The van der Waals surface area contributed by atoms with Gasteiger partial charge in [0, 0.05) is 19.7 Å². The van der Waals surface area contributed by atoms with Gasteiger partial charge >= 0.3 is 0 Å². The fourth-order valence-electron chi connectivity index (χ4n) is 3.26. The van der Waals surface area contributed by atoms with Crippen LogP contribution in [0.4, 0.5) is 0 Å². The lowest BCUT2D eigenvalue weighted by molar-refractivity contribution is -0.133. The molecule has 0 unspecified atom stereocenters. The Morgan fingerprint density at radius 3 is 2.62 bits per heavy atom. The highest BCUT2D eigenvalue weighted by molar-refractivity contribution is 7.89. The third kappa shape index (κ3) is 5.56. The molecule has 7 nitrogen and oxygen atoms in total. The first kappa shape index (κ1) is 21.3. The Labute approximate surface area is 171 Å². The number of benzene rings is 1. The van der Waals surface area contributed by atoms with Crippen molar-refractivity contribution in [2.24, 2.45) is 0 Å². The molecule has 1 atom stereocenters. The van der Waals surface area contributed by atoms with Crippen LogP contribution in [0.25, 0.3) is 0 Å². The molecule has 1 saturated heterocycles. The fraction of sp³-hybridized carbons (Fsp3) is 0.381. The number of nitrogens with zero attached hydrogens (tertiary/aromatic N) is 2. The molecule has 1 aromatic carbocycles. The van der Waals surface area contributed by atoms with Crippen LogP contribution in [0, 0.1) is 0 Å². The number of rotatable bonds is 10. The molecule has 3 rings (SSSR count). The van der Waals surface area contributed by atoms with Crippen LogP contribution in [-0.2, 0) is 26.1 Å². The molecule has 1 fully saturated rings. The Morgan fingerprint density at radius 2 is 2.00 bits per heavy atom. The molecule has 0 spiro atoms. The molecule has 0 saturated carbocycles. The molecule has 0 N–H and O–H groups in total. The molecular weight excluding hydrogens is 392 g/mol. The summed E-state index contributed by atoms with van der Waals surface area (Å²) < 4.78 is 38.2. The van der Waals surface area contributed by atoms with Gasteiger partial charge in [0.1, 0.15) is 5.76 Å². The van der Waals surface area contributed by atoms with Crippen LogP contribution in [0.15, 0.2) is 70.7 Å². The second-order valence-electron chi connectivity index (χ2n) is 6.89. The zero-order valence-electron chi connectivity index (χ0n) is 16.3. The monoisotopic (exact) mass is 418 g/mol. The van der Waals surface area contributed by atoms with Gasteiger partial charge < -0.3 is 14.1 Å². The van der Waals surface area contributed by atoms with Crippen LogP contribution in [0.5, 0.6) is 0 Å². The first-order valence-corrected chi connectivity index (χ1v) is 11.0. The smallest absolute Gasteiger partial charge is 0.243 e. The topological polar surface area (TPSA) is 80.1 Å². The molecule has 1 aliphatic heterocycles. The van der Waals surface area contributed by atoms with Gasteiger partial charge in [0.25, 0.3) is 0 Å². The van der Waals surface area contributed by atoms with Gasteiger partial charge in [-0.3, -0.25) is 4.79 Å². The summed E-state index contributed by atoms with van der Waals surface area (Å²) in [6.45, 7) is 4.73. The highest BCUT2D eigenvalue weighted by Gasteiger charge is 2.29. The summed E-state index contributed by atoms with van der Waals surface area (Å²) >= 11 is 0. The summed E-state index contributed by atoms with van der Waals surface area (Å²) in [4.78, 5) is 14.9. The van der Waals surface area contributed by atoms with Crippen molar-refractivity contribution in [3.63, 3.8) is 0 Å². The third-order valence-electron chi connectivity index (χ3n) is 4.75. The van der Waals surface area contributed by atoms with Gasteiger partial charge in [0.15, 0.2) is 0 Å². The van der Waals surface area contributed by atoms with Crippen molar-refractivity contribution in [2.75, 3.05) is 26.2 Å². The minimum atomic E-state index is -3.82. The fourth-order valence-corrected chi connectivity index (χ4v) is 4.64. The summed E-state index contributed by atoms with van der Waals surface area (Å²) in [5.74, 6) is 0.329. The standard InChI is InChI=1S/C21H26N2O5S/c1-2-12-23(29(25,26)20-10-4-3-5-11-20)17-21(24)22(15-18-8-6-13-27-18)16-19-9-7-14-28-19/h2-6,8,10-11,13,19H,1,7,9,12,14-17H2/t19-/m0/s1. The number of hydrogen-bond donors (Lipinski definition) is 0. The first-order chi connectivity index (χ1) is 14.0. The van der Waals surface area contributed by atoms with Crippen LogP contribution in [-0.4, -0.2) is 55.9 Å². The highest BCUT2D eigenvalue weighted by Crippen LogP contribution is 2.18. The lowest BCUT2D eigenvalue weighted by Gasteiger charge is -2.28. The van der Waals surface area contributed by atoms with Crippen LogP contribution in [0.2, 0.25) is 0 Å². The maximum Gasteiger partial charge on any atom is 0.243 e. The highest BCUT2D eigenvalue weighted by atomic mass is 32.2. The van der Waals surface area contributed by atoms with Gasteiger partial charge in [-0.15, -0.1) is 6.58 Å². The summed E-state index contributed by atoms with van der Waals surface area (Å²) in [5.41, 5.74) is 0. The van der Waals surface area contributed by atoms with Gasteiger partial charge in [-0.2, -0.15) is 4.31 Å². The van der Waals surface area contributed by atoms with Crippen molar-refractivity contribution in [1.82, 2.24) is 9.21 Å². The van der Waals surface area contributed by atoms with E-state index in [9.17, 15) is 13.2 Å². The van der Waals surface area contributed by atoms with Crippen LogP contribution in [0.3, 0.4) is 0 Å². The Kier molecular flexibility index (Phi) is 7.24. The molecule has 29 heavy (non-hydrogen) atoms. The van der Waals surface area contributed by atoms with E-state index in [4.69, 9.17) is 9.15 Å². The molecule has 8 heteroatoms. The minimum Gasteiger partial charge on any atom is -0.467 e. The summed E-state index contributed by atoms with van der Waals surface area (Å²) in [7, 11) is -3.82. The molecule has 1 amide bonds. The Bertz CT molecular complexity index is 890. The lowest BCUT2D eigenvalue weighted by atomic mass is 10.2. The maximum absolute atomic E-state index is 13.1. The van der Waals surface area contributed by atoms with Crippen molar-refractivity contribution in [2.45, 2.75) is 30.4 Å². The number of furan rings is 1. The van der Waals surface area contributed by atoms with E-state index in [-0.39, 0.29) is 36.5 Å². The quantitative estimate of drug-likeness (QED) is 0.554. The molecule has 2 aromatic rings. The van der Waals surface area contributed by atoms with Crippen molar-refractivity contribution in [1.29, 1.82) is 0 Å². The molecule has 1 aromatic heterocycles. The number of carbonyl (C=O) groups excluding carboxylic acids is 1. The summed E-state index contributed by atoms with van der Waals surface area (Å²) in [6, 6.07) is 11.6. The third-order valence-corrected chi connectivity index (χ3v) is 6.58. The van der Waals surface area contributed by atoms with Crippen LogP contribution >= 0.6 is 0 Å². The number of carbonyl (C=O) groups is 1. The average Bonchev–Trinajstić information content (AvgIpc) is 3.42. The van der Waals surface area contributed by atoms with Crippen molar-refractivity contribution in [3.05, 3.63) is 67.1 Å². The maximum atomic E-state index is 13.1. The van der Waals surface area contributed by atoms with E-state index in [0.717, 1.165) is 17.1 Å². The summed E-state index contributed by atoms with van der Waals surface area (Å²) in [6.07, 6.45) is 4.81. The van der Waals surface area contributed by atoms with Gasteiger partial charge in [-0.1, -0.05) is 24.3 Å². The van der Waals surface area contributed by atoms with Gasteiger partial charge in [0.2, 0.25) is 15.9 Å². The molecular formula is C21H26N2O5S. The molecule has 1 aliphatic rings. The van der Waals surface area contributed by atoms with E-state index in [0.29, 0.717) is 18.9 Å². The SMILES string of the molecule is C=CCN(CC(=O)N(Cc1ccco1)C[C@@H]1CCCO1)S(=O)(=O)c1ccccc1. The van der Waals surface area contributed by atoms with E-state index in [1.54, 1.807) is 41.5 Å². The van der Waals surface area contributed by atoms with Crippen LogP contribution in [0.1, 0.15) is 18.6 Å². The minimum absolute atomic E-state index is 0.0392. The molecule has 0 bridgehead atoms. The van der Waals surface area contributed by atoms with E-state index in [1.807, 2.05) is 0 Å². The van der Waals surface area contributed by atoms with Gasteiger partial charge in [-0.05, 0) is 37.1 Å². The molecule has 156 valence electrons. The first-order valence-electron chi connectivity index (χ1n) is 9.58. The van der Waals surface area contributed by atoms with Crippen molar-refractivity contribution in [3.8, 4) is 0 Å². The zero-order valence-corrected chi connectivity index (χ0v) is 17.1. The molecule has 2 heterocycles. The largest absolute Gasteiger partial charge is 0.467 e. The van der Waals surface area contributed by atoms with E-state index >= 15 is 0 Å². The number of amides is 1. The number of ether oxygens (including phenoxy) is 1. The predicted molar refractivity (Wildman–Crippen MR) is 108 cm³/mol. The molecule has 0 radical (unpaired) electrons. The second kappa shape index (κ2) is 9.87. The Hall–Kier alpha value is -2.42. The predicted octanol–water partition coefficient (Wildman–Crippen LogP) is 2.66. The van der Waals surface area contributed by atoms with Crippen molar-refractivity contribution >= 4 is 15.9 Å². The Morgan fingerprint density at radius 1 is 1.21 bits per heavy atom. The second-order valence-corrected chi connectivity index (χ2v) is 8.83. The van der Waals surface area contributed by atoms with Crippen LogP contribution < -0.4 is 0 Å². The molecule has 0 aliphatic carbocycles. The zero-order chi connectivity index (χ0) is 20.7. The van der Waals surface area contributed by atoms with Crippen molar-refractivity contribution < 1.29 is 22.4 Å². The normalized spacial score (nSPS) is 16.8. The van der Waals surface area contributed by atoms with E-state index < -0.39 is 10.0 Å². The number of hydrogen-bond acceptors (Lipinski definition) is 5. The summed E-state index contributed by atoms with van der Waals surface area (Å²) in [5, 5.41) is 0.